The molecule has 1 fully saturated rings. The van der Waals surface area contributed by atoms with E-state index in [-0.39, 0.29) is 0 Å². The predicted molar refractivity (Wildman–Crippen MR) is 67.0 cm³/mol. The number of rotatable bonds is 3. The number of hydrogen-bond donors (Lipinski definition) is 3. The number of benzene rings is 1. The molecule has 86 valence electrons. The van der Waals surface area contributed by atoms with Crippen molar-refractivity contribution < 1.29 is 0 Å². The second kappa shape index (κ2) is 4.53. The largest absolute Gasteiger partial charge is 0.325 e. The first-order chi connectivity index (χ1) is 7.72. The fourth-order valence-electron chi connectivity index (χ4n) is 1.42. The van der Waals surface area contributed by atoms with Crippen molar-refractivity contribution in [1.29, 1.82) is 0 Å². The van der Waals surface area contributed by atoms with Crippen LogP contribution in [-0.4, -0.2) is 12.5 Å². The minimum atomic E-state index is 0.403. The summed E-state index contributed by atoms with van der Waals surface area (Å²) in [7, 11) is 0. The summed E-state index contributed by atoms with van der Waals surface area (Å²) >= 11 is 0. The highest BCUT2D eigenvalue weighted by molar-refractivity contribution is 5.93. The normalized spacial score (nSPS) is 18.0. The van der Waals surface area contributed by atoms with E-state index in [0.717, 1.165) is 12.2 Å². The van der Waals surface area contributed by atoms with Crippen molar-refractivity contribution >= 4 is 11.6 Å². The van der Waals surface area contributed by atoms with Crippen LogP contribution in [0.5, 0.6) is 0 Å². The summed E-state index contributed by atoms with van der Waals surface area (Å²) in [6.45, 7) is 3.07. The van der Waals surface area contributed by atoms with Gasteiger partial charge in [0.1, 0.15) is 0 Å². The number of nitrogens with one attached hydrogen (secondary N) is 2. The van der Waals surface area contributed by atoms with E-state index in [1.807, 2.05) is 30.3 Å². The summed E-state index contributed by atoms with van der Waals surface area (Å²) in [4.78, 5) is 4.44. The van der Waals surface area contributed by atoms with Gasteiger partial charge in [-0.1, -0.05) is 25.1 Å². The van der Waals surface area contributed by atoms with Crippen molar-refractivity contribution in [1.82, 2.24) is 5.43 Å². The average molecular weight is 218 g/mol. The molecule has 2 rings (SSSR count). The first-order valence-corrected chi connectivity index (χ1v) is 5.55. The summed E-state index contributed by atoms with van der Waals surface area (Å²) in [5.74, 6) is 6.05. The van der Waals surface area contributed by atoms with Crippen LogP contribution in [0.15, 0.2) is 35.3 Å². The molecule has 0 unspecified atom stereocenters. The van der Waals surface area contributed by atoms with E-state index >= 15 is 0 Å². The Bertz CT molecular complexity index is 368. The van der Waals surface area contributed by atoms with Gasteiger partial charge in [0.15, 0.2) is 0 Å². The van der Waals surface area contributed by atoms with Crippen LogP contribution in [0.25, 0.3) is 0 Å². The maximum Gasteiger partial charge on any atom is 0.210 e. The van der Waals surface area contributed by atoms with Crippen molar-refractivity contribution in [3.05, 3.63) is 30.3 Å². The Kier molecular flexibility index (Phi) is 3.10. The van der Waals surface area contributed by atoms with Gasteiger partial charge in [-0.25, -0.2) is 5.84 Å². The quantitative estimate of drug-likeness (QED) is 0.313. The molecule has 0 radical (unpaired) electrons. The van der Waals surface area contributed by atoms with Gasteiger partial charge in [0, 0.05) is 12.2 Å². The van der Waals surface area contributed by atoms with Gasteiger partial charge in [0.05, 0.1) is 0 Å². The van der Waals surface area contributed by atoms with Crippen LogP contribution in [0.4, 0.5) is 5.69 Å². The third kappa shape index (κ3) is 2.97. The summed E-state index contributed by atoms with van der Waals surface area (Å²) in [6, 6.07) is 9.87. The van der Waals surface area contributed by atoms with E-state index in [9.17, 15) is 0 Å². The third-order valence-corrected chi connectivity index (χ3v) is 2.90. The van der Waals surface area contributed by atoms with Gasteiger partial charge in [-0.05, 0) is 30.4 Å². The van der Waals surface area contributed by atoms with Crippen molar-refractivity contribution in [3.8, 4) is 0 Å². The maximum atomic E-state index is 5.43. The van der Waals surface area contributed by atoms with Gasteiger partial charge in [-0.2, -0.15) is 0 Å². The number of aliphatic imine (C=N–C) groups is 1. The summed E-state index contributed by atoms with van der Waals surface area (Å²) in [6.07, 6.45) is 2.53. The Labute approximate surface area is 95.9 Å². The second-order valence-corrected chi connectivity index (χ2v) is 4.61. The molecule has 0 amide bonds. The number of nitrogens with two attached hydrogens (primary N) is 1. The van der Waals surface area contributed by atoms with Crippen LogP contribution in [-0.2, 0) is 0 Å². The van der Waals surface area contributed by atoms with Gasteiger partial charge in [0.25, 0.3) is 0 Å². The zero-order valence-electron chi connectivity index (χ0n) is 9.53. The summed E-state index contributed by atoms with van der Waals surface area (Å²) in [5, 5.41) is 3.14. The molecular weight excluding hydrogens is 200 g/mol. The molecule has 1 aliphatic carbocycles. The minimum absolute atomic E-state index is 0.403. The zero-order valence-corrected chi connectivity index (χ0v) is 9.53. The molecule has 1 aromatic carbocycles. The van der Waals surface area contributed by atoms with Crippen molar-refractivity contribution in [2.45, 2.75) is 19.8 Å². The molecule has 0 atom stereocenters. The fourth-order valence-corrected chi connectivity index (χ4v) is 1.42. The van der Waals surface area contributed by atoms with E-state index in [2.05, 4.69) is 22.7 Å². The van der Waals surface area contributed by atoms with Crippen LogP contribution in [0.3, 0.4) is 0 Å². The molecule has 0 saturated heterocycles. The van der Waals surface area contributed by atoms with Gasteiger partial charge < -0.3 is 5.32 Å². The highest BCUT2D eigenvalue weighted by Gasteiger charge is 2.36. The van der Waals surface area contributed by atoms with Crippen LogP contribution >= 0.6 is 0 Å². The minimum Gasteiger partial charge on any atom is -0.325 e. The van der Waals surface area contributed by atoms with E-state index in [1.165, 1.54) is 12.8 Å². The van der Waals surface area contributed by atoms with Crippen LogP contribution in [0.1, 0.15) is 19.8 Å². The van der Waals surface area contributed by atoms with E-state index < -0.39 is 0 Å². The second-order valence-electron chi connectivity index (χ2n) is 4.61. The Morgan fingerprint density at radius 3 is 2.62 bits per heavy atom. The Morgan fingerprint density at radius 1 is 1.38 bits per heavy atom. The monoisotopic (exact) mass is 218 g/mol. The summed E-state index contributed by atoms with van der Waals surface area (Å²) < 4.78 is 0. The molecule has 4 N–H and O–H groups in total. The van der Waals surface area contributed by atoms with Gasteiger partial charge in [-0.15, -0.1) is 0 Å². The Balaban J connectivity index is 1.95. The van der Waals surface area contributed by atoms with Crippen molar-refractivity contribution in [2.24, 2.45) is 16.3 Å². The molecule has 0 bridgehead atoms. The maximum absolute atomic E-state index is 5.43. The number of nitrogens with zero attached hydrogens (tertiary/aromatic N) is 1. The molecular formula is C12H18N4. The Hall–Kier alpha value is -1.55. The molecule has 0 aromatic heterocycles. The SMILES string of the molecule is CC1(CN=C(NN)Nc2ccccc2)CC1. The average Bonchev–Trinajstić information content (AvgIpc) is 3.04. The number of anilines is 1. The standard InChI is InChI=1S/C12H18N4/c1-12(7-8-12)9-14-11(16-13)15-10-5-3-2-4-6-10/h2-6H,7-9,13H2,1H3,(H2,14,15,16). The highest BCUT2D eigenvalue weighted by Crippen LogP contribution is 2.44. The van der Waals surface area contributed by atoms with Crippen molar-refractivity contribution in [2.75, 3.05) is 11.9 Å². The molecule has 1 aromatic rings. The van der Waals surface area contributed by atoms with Gasteiger partial charge >= 0.3 is 0 Å². The first-order valence-electron chi connectivity index (χ1n) is 5.55. The van der Waals surface area contributed by atoms with E-state index in [0.29, 0.717) is 11.4 Å². The smallest absolute Gasteiger partial charge is 0.210 e. The number of guanidine groups is 1. The number of para-hydroxylation sites is 1. The zero-order chi connectivity index (χ0) is 11.4. The molecule has 0 spiro atoms. The predicted octanol–water partition coefficient (Wildman–Crippen LogP) is 1.72. The van der Waals surface area contributed by atoms with E-state index in [4.69, 9.17) is 5.84 Å². The molecule has 4 nitrogen and oxygen atoms in total. The van der Waals surface area contributed by atoms with Crippen LogP contribution in [0.2, 0.25) is 0 Å². The van der Waals surface area contributed by atoms with E-state index in [1.54, 1.807) is 0 Å². The molecule has 1 saturated carbocycles. The summed E-state index contributed by atoms with van der Waals surface area (Å²) in [5.41, 5.74) is 3.98. The van der Waals surface area contributed by atoms with Crippen molar-refractivity contribution in [3.63, 3.8) is 0 Å². The molecule has 0 aliphatic heterocycles. The highest BCUT2D eigenvalue weighted by atomic mass is 15.3. The molecule has 1 aliphatic rings. The first kappa shape index (κ1) is 11.0. The van der Waals surface area contributed by atoms with Crippen LogP contribution < -0.4 is 16.6 Å². The lowest BCUT2D eigenvalue weighted by Gasteiger charge is -2.10. The lowest BCUT2D eigenvalue weighted by atomic mass is 10.1. The van der Waals surface area contributed by atoms with Crippen LogP contribution in [0, 0.1) is 5.41 Å². The van der Waals surface area contributed by atoms with Gasteiger partial charge in [-0.3, -0.25) is 10.4 Å². The lowest BCUT2D eigenvalue weighted by Crippen LogP contribution is -2.36. The lowest BCUT2D eigenvalue weighted by molar-refractivity contribution is 0.588. The fraction of sp³-hybridized carbons (Fsp3) is 0.417. The van der Waals surface area contributed by atoms with Gasteiger partial charge in [0.2, 0.25) is 5.96 Å². The third-order valence-electron chi connectivity index (χ3n) is 2.90. The molecule has 16 heavy (non-hydrogen) atoms. The number of hydrogen-bond acceptors (Lipinski definition) is 2. The molecule has 4 heteroatoms. The molecule has 0 heterocycles. The Morgan fingerprint density at radius 2 is 2.06 bits per heavy atom. The number of hydrazine groups is 1. The topological polar surface area (TPSA) is 62.4 Å².